The molecule has 0 saturated carbocycles. The van der Waals surface area contributed by atoms with E-state index in [2.05, 4.69) is 20.4 Å². The second-order valence-corrected chi connectivity index (χ2v) is 6.97. The molecule has 3 rings (SSSR count). The molecule has 0 amide bonds. The van der Waals surface area contributed by atoms with E-state index >= 15 is 0 Å². The molecule has 0 aliphatic carbocycles. The fourth-order valence-electron chi connectivity index (χ4n) is 2.58. The van der Waals surface area contributed by atoms with E-state index in [0.717, 1.165) is 0 Å². The van der Waals surface area contributed by atoms with Crippen molar-refractivity contribution in [2.75, 3.05) is 5.32 Å². The summed E-state index contributed by atoms with van der Waals surface area (Å²) < 4.78 is 1.34. The van der Waals surface area contributed by atoms with Gasteiger partial charge in [-0.2, -0.15) is 15.1 Å². The Kier molecular flexibility index (Phi) is 5.34. The number of rotatable bonds is 5. The van der Waals surface area contributed by atoms with Gasteiger partial charge in [0.2, 0.25) is 0 Å². The topological polar surface area (TPSA) is 92.9 Å². The highest BCUT2D eigenvalue weighted by atomic mass is 35.5. The lowest BCUT2D eigenvalue weighted by atomic mass is 10.1. The van der Waals surface area contributed by atoms with Crippen molar-refractivity contribution in [3.8, 4) is 17.1 Å². The minimum Gasteiger partial charge on any atom is -0.476 e. The molecule has 0 radical (unpaired) electrons. The maximum Gasteiger partial charge on any atom is 0.356 e. The highest BCUT2D eigenvalue weighted by molar-refractivity contribution is 6.36. The number of hydrogen-bond donors (Lipinski definition) is 2. The number of anilines is 1. The number of aromatic nitrogens is 4. The molecule has 2 aromatic heterocycles. The Bertz CT molecular complexity index is 1020. The van der Waals surface area contributed by atoms with Gasteiger partial charge in [0.05, 0.1) is 5.56 Å². The van der Waals surface area contributed by atoms with E-state index < -0.39 is 5.97 Å². The van der Waals surface area contributed by atoms with Gasteiger partial charge in [-0.15, -0.1) is 0 Å². The van der Waals surface area contributed by atoms with Crippen molar-refractivity contribution < 1.29 is 9.90 Å². The van der Waals surface area contributed by atoms with Crippen LogP contribution in [0.3, 0.4) is 0 Å². The molecule has 0 unspecified atom stereocenters. The van der Waals surface area contributed by atoms with Gasteiger partial charge < -0.3 is 10.4 Å². The van der Waals surface area contributed by atoms with Gasteiger partial charge in [-0.25, -0.2) is 9.48 Å². The number of hydrogen-bond acceptors (Lipinski definition) is 5. The Morgan fingerprint density at radius 2 is 1.93 bits per heavy atom. The Labute approximate surface area is 166 Å². The predicted octanol–water partition coefficient (Wildman–Crippen LogP) is 4.46. The molecule has 0 fully saturated rings. The van der Waals surface area contributed by atoms with E-state index in [9.17, 15) is 4.79 Å². The average molecular weight is 406 g/mol. The van der Waals surface area contributed by atoms with Gasteiger partial charge in [0.25, 0.3) is 5.95 Å². The molecular weight excluding hydrogens is 389 g/mol. The van der Waals surface area contributed by atoms with Crippen molar-refractivity contribution in [2.24, 2.45) is 0 Å². The van der Waals surface area contributed by atoms with Gasteiger partial charge in [0.15, 0.2) is 5.69 Å². The molecule has 3 aromatic rings. The summed E-state index contributed by atoms with van der Waals surface area (Å²) in [5.74, 6) is -0.472. The third kappa shape index (κ3) is 3.89. The highest BCUT2D eigenvalue weighted by Gasteiger charge is 2.21. The fourth-order valence-corrected chi connectivity index (χ4v) is 3.08. The first-order chi connectivity index (χ1) is 12.8. The number of benzene rings is 1. The van der Waals surface area contributed by atoms with Crippen LogP contribution in [0.15, 0.2) is 30.3 Å². The molecule has 0 bridgehead atoms. The molecule has 2 N–H and O–H groups in total. The second kappa shape index (κ2) is 7.54. The van der Waals surface area contributed by atoms with Crippen molar-refractivity contribution >= 4 is 35.0 Å². The monoisotopic (exact) mass is 405 g/mol. The number of halogens is 2. The van der Waals surface area contributed by atoms with Crippen LogP contribution in [0.4, 0.5) is 5.82 Å². The molecule has 0 spiro atoms. The normalized spacial score (nSPS) is 11.0. The van der Waals surface area contributed by atoms with Gasteiger partial charge in [0.1, 0.15) is 11.0 Å². The van der Waals surface area contributed by atoms with Crippen LogP contribution < -0.4 is 5.32 Å². The van der Waals surface area contributed by atoms with E-state index in [1.807, 2.05) is 32.0 Å². The molecule has 7 nitrogen and oxygen atoms in total. The molecule has 2 heterocycles. The number of carboxylic acid groups (broad SMARTS) is 1. The number of aromatic carboxylic acids is 1. The summed E-state index contributed by atoms with van der Waals surface area (Å²) in [5, 5.41) is 17.1. The Morgan fingerprint density at radius 3 is 2.52 bits per heavy atom. The largest absolute Gasteiger partial charge is 0.476 e. The molecule has 0 aliphatic rings. The van der Waals surface area contributed by atoms with E-state index in [0.29, 0.717) is 27.7 Å². The highest BCUT2D eigenvalue weighted by Crippen LogP contribution is 2.37. The first kappa shape index (κ1) is 19.1. The van der Waals surface area contributed by atoms with Gasteiger partial charge in [-0.05, 0) is 32.9 Å². The van der Waals surface area contributed by atoms with Crippen LogP contribution in [-0.4, -0.2) is 36.9 Å². The molecule has 1 aromatic carbocycles. The lowest BCUT2D eigenvalue weighted by Gasteiger charge is -2.17. The molecule has 0 atom stereocenters. The summed E-state index contributed by atoms with van der Waals surface area (Å²) in [6.45, 7) is 5.65. The summed E-state index contributed by atoms with van der Waals surface area (Å²) in [6.07, 6.45) is 0. The van der Waals surface area contributed by atoms with Crippen molar-refractivity contribution in [1.82, 2.24) is 19.7 Å². The fraction of sp³-hybridized carbons (Fsp3) is 0.222. The summed E-state index contributed by atoms with van der Waals surface area (Å²) in [6, 6.07) is 8.78. The van der Waals surface area contributed by atoms with E-state index in [-0.39, 0.29) is 22.8 Å². The standard InChI is InChI=1S/C18H17Cl2N5O2/c1-9(2)21-16-14(11-6-4-5-7-12(11)19)15(20)22-18(23-16)25-10(3)8-13(24-25)17(26)27/h4-9H,1-3H3,(H,26,27)(H,21,22,23). The third-order valence-electron chi connectivity index (χ3n) is 3.72. The SMILES string of the molecule is Cc1cc(C(=O)O)nn1-c1nc(Cl)c(-c2ccccc2Cl)c(NC(C)C)n1. The second-order valence-electron chi connectivity index (χ2n) is 6.20. The van der Waals surface area contributed by atoms with Gasteiger partial charge in [-0.1, -0.05) is 41.4 Å². The minimum atomic E-state index is -1.13. The lowest BCUT2D eigenvalue weighted by Crippen LogP contribution is -2.15. The quantitative estimate of drug-likeness (QED) is 0.608. The lowest BCUT2D eigenvalue weighted by molar-refractivity contribution is 0.0690. The summed E-state index contributed by atoms with van der Waals surface area (Å²) in [7, 11) is 0. The van der Waals surface area contributed by atoms with Crippen molar-refractivity contribution in [3.05, 3.63) is 51.9 Å². The summed E-state index contributed by atoms with van der Waals surface area (Å²) in [4.78, 5) is 20.0. The van der Waals surface area contributed by atoms with Crippen LogP contribution in [-0.2, 0) is 0 Å². The number of nitrogens with one attached hydrogen (secondary N) is 1. The van der Waals surface area contributed by atoms with E-state index in [1.165, 1.54) is 10.7 Å². The number of aryl methyl sites for hydroxylation is 1. The van der Waals surface area contributed by atoms with Gasteiger partial charge in [0, 0.05) is 22.3 Å². The molecule has 9 heteroatoms. The molecule has 0 aliphatic heterocycles. The van der Waals surface area contributed by atoms with Crippen LogP contribution in [0, 0.1) is 6.92 Å². The van der Waals surface area contributed by atoms with Gasteiger partial charge in [-0.3, -0.25) is 0 Å². The van der Waals surface area contributed by atoms with Crippen LogP contribution in [0.5, 0.6) is 0 Å². The zero-order valence-electron chi connectivity index (χ0n) is 14.9. The zero-order chi connectivity index (χ0) is 19.7. The Hall–Kier alpha value is -2.64. The van der Waals surface area contributed by atoms with Crippen LogP contribution in [0.2, 0.25) is 10.2 Å². The van der Waals surface area contributed by atoms with E-state index in [1.54, 1.807) is 13.0 Å². The number of carboxylic acids is 1. The van der Waals surface area contributed by atoms with Crippen molar-refractivity contribution in [2.45, 2.75) is 26.8 Å². The maximum absolute atomic E-state index is 11.2. The zero-order valence-corrected chi connectivity index (χ0v) is 16.4. The molecule has 27 heavy (non-hydrogen) atoms. The van der Waals surface area contributed by atoms with E-state index in [4.69, 9.17) is 28.3 Å². The van der Waals surface area contributed by atoms with Crippen LogP contribution in [0.25, 0.3) is 17.1 Å². The minimum absolute atomic E-state index is 0.0679. The molecular formula is C18H17Cl2N5O2. The number of nitrogens with zero attached hydrogens (tertiary/aromatic N) is 4. The van der Waals surface area contributed by atoms with Crippen molar-refractivity contribution in [1.29, 1.82) is 0 Å². The summed E-state index contributed by atoms with van der Waals surface area (Å²) >= 11 is 12.8. The van der Waals surface area contributed by atoms with Crippen LogP contribution in [0.1, 0.15) is 30.0 Å². The first-order valence-electron chi connectivity index (χ1n) is 8.17. The third-order valence-corrected chi connectivity index (χ3v) is 4.32. The Balaban J connectivity index is 2.21. The molecule has 140 valence electrons. The Morgan fingerprint density at radius 1 is 1.22 bits per heavy atom. The predicted molar refractivity (Wildman–Crippen MR) is 105 cm³/mol. The van der Waals surface area contributed by atoms with Gasteiger partial charge >= 0.3 is 5.97 Å². The van der Waals surface area contributed by atoms with Crippen molar-refractivity contribution in [3.63, 3.8) is 0 Å². The first-order valence-corrected chi connectivity index (χ1v) is 8.92. The summed E-state index contributed by atoms with van der Waals surface area (Å²) in [5.41, 5.74) is 1.75. The number of carbonyl (C=O) groups is 1. The average Bonchev–Trinajstić information content (AvgIpc) is 2.97. The smallest absolute Gasteiger partial charge is 0.356 e. The molecule has 0 saturated heterocycles. The van der Waals surface area contributed by atoms with Crippen LogP contribution >= 0.6 is 23.2 Å². The maximum atomic E-state index is 11.2.